The molecule has 6 heteroatoms. The zero-order chi connectivity index (χ0) is 16.2. The summed E-state index contributed by atoms with van der Waals surface area (Å²) in [4.78, 5) is 11.9. The average molecular weight is 327 g/mol. The van der Waals surface area contributed by atoms with E-state index in [1.807, 2.05) is 0 Å². The molecule has 1 aliphatic rings. The number of hydrogen-bond donors (Lipinski definition) is 1. The lowest BCUT2D eigenvalue weighted by molar-refractivity contribution is -0.116. The molecule has 1 fully saturated rings. The fourth-order valence-electron chi connectivity index (χ4n) is 2.85. The van der Waals surface area contributed by atoms with Crippen molar-refractivity contribution in [1.82, 2.24) is 0 Å². The van der Waals surface area contributed by atoms with Gasteiger partial charge in [-0.2, -0.15) is 0 Å². The van der Waals surface area contributed by atoms with Crippen molar-refractivity contribution in [2.75, 3.05) is 11.6 Å². The van der Waals surface area contributed by atoms with E-state index in [0.29, 0.717) is 12.3 Å². The molecule has 1 aromatic rings. The number of halogens is 1. The van der Waals surface area contributed by atoms with Crippen molar-refractivity contribution in [2.24, 2.45) is 5.92 Å². The Morgan fingerprint density at radius 1 is 1.27 bits per heavy atom. The highest BCUT2D eigenvalue weighted by atomic mass is 32.2. The average Bonchev–Trinajstić information content (AvgIpc) is 2.47. The van der Waals surface area contributed by atoms with E-state index in [0.717, 1.165) is 31.6 Å². The van der Waals surface area contributed by atoms with E-state index in [1.54, 1.807) is 0 Å². The third-order valence-electron chi connectivity index (χ3n) is 4.14. The largest absolute Gasteiger partial charge is 0.324 e. The Bertz CT molecular complexity index is 637. The quantitative estimate of drug-likeness (QED) is 0.842. The van der Waals surface area contributed by atoms with Crippen LogP contribution in [0.25, 0.3) is 0 Å². The molecule has 0 aliphatic heterocycles. The lowest BCUT2D eigenvalue weighted by Gasteiger charge is -2.21. The van der Waals surface area contributed by atoms with Crippen molar-refractivity contribution in [3.8, 4) is 0 Å². The maximum atomic E-state index is 13.7. The van der Waals surface area contributed by atoms with Crippen molar-refractivity contribution in [2.45, 2.75) is 49.8 Å². The van der Waals surface area contributed by atoms with Crippen LogP contribution in [0.3, 0.4) is 0 Å². The second-order valence-electron chi connectivity index (χ2n) is 6.00. The van der Waals surface area contributed by atoms with Crippen LogP contribution in [0.1, 0.15) is 44.9 Å². The van der Waals surface area contributed by atoms with Gasteiger partial charge in [-0.3, -0.25) is 4.79 Å². The molecule has 0 aromatic heterocycles. The Labute approximate surface area is 131 Å². The molecule has 22 heavy (non-hydrogen) atoms. The van der Waals surface area contributed by atoms with Gasteiger partial charge in [0.2, 0.25) is 5.91 Å². The van der Waals surface area contributed by atoms with Gasteiger partial charge in [0, 0.05) is 12.7 Å². The molecule has 1 saturated carbocycles. The van der Waals surface area contributed by atoms with Crippen molar-refractivity contribution < 1.29 is 17.6 Å². The summed E-state index contributed by atoms with van der Waals surface area (Å²) in [6.07, 6.45) is 8.22. The van der Waals surface area contributed by atoms with E-state index in [2.05, 4.69) is 5.32 Å². The first-order chi connectivity index (χ1) is 10.4. The van der Waals surface area contributed by atoms with Crippen LogP contribution in [-0.4, -0.2) is 20.6 Å². The fourth-order valence-corrected chi connectivity index (χ4v) is 3.50. The zero-order valence-corrected chi connectivity index (χ0v) is 13.6. The smallest absolute Gasteiger partial charge is 0.224 e. The van der Waals surface area contributed by atoms with Crippen LogP contribution in [0.5, 0.6) is 0 Å². The minimum atomic E-state index is -3.43. The van der Waals surface area contributed by atoms with Crippen LogP contribution in [0.15, 0.2) is 23.1 Å². The van der Waals surface area contributed by atoms with Gasteiger partial charge >= 0.3 is 0 Å². The molecular formula is C16H22FNO3S. The summed E-state index contributed by atoms with van der Waals surface area (Å²) >= 11 is 0. The van der Waals surface area contributed by atoms with E-state index in [-0.39, 0.29) is 16.5 Å². The van der Waals surface area contributed by atoms with E-state index in [1.165, 1.54) is 31.4 Å². The summed E-state index contributed by atoms with van der Waals surface area (Å²) in [6, 6.07) is 3.43. The molecule has 0 saturated heterocycles. The lowest BCUT2D eigenvalue weighted by Crippen LogP contribution is -2.16. The second-order valence-corrected chi connectivity index (χ2v) is 8.02. The minimum absolute atomic E-state index is 0.00326. The first-order valence-electron chi connectivity index (χ1n) is 7.66. The summed E-state index contributed by atoms with van der Waals surface area (Å²) < 4.78 is 36.7. The van der Waals surface area contributed by atoms with Crippen LogP contribution in [0, 0.1) is 11.7 Å². The van der Waals surface area contributed by atoms with Crippen LogP contribution >= 0.6 is 0 Å². The van der Waals surface area contributed by atoms with E-state index in [9.17, 15) is 17.6 Å². The fraction of sp³-hybridized carbons (Fsp3) is 0.562. The maximum absolute atomic E-state index is 13.7. The molecule has 1 aliphatic carbocycles. The predicted octanol–water partition coefficient (Wildman–Crippen LogP) is 3.53. The van der Waals surface area contributed by atoms with Gasteiger partial charge in [0.1, 0.15) is 5.82 Å². The molecule has 0 heterocycles. The van der Waals surface area contributed by atoms with Crippen LogP contribution < -0.4 is 5.32 Å². The number of nitrogens with one attached hydrogen (secondary N) is 1. The third kappa shape index (κ3) is 4.80. The molecule has 1 aromatic carbocycles. The number of carbonyl (C=O) groups is 1. The monoisotopic (exact) mass is 327 g/mol. The van der Waals surface area contributed by atoms with Gasteiger partial charge in [-0.25, -0.2) is 12.8 Å². The normalized spacial score (nSPS) is 16.5. The topological polar surface area (TPSA) is 63.2 Å². The SMILES string of the molecule is CS(=O)(=O)c1ccc(F)c(NC(=O)CCC2CCCCC2)c1. The van der Waals surface area contributed by atoms with Gasteiger partial charge in [-0.15, -0.1) is 0 Å². The number of rotatable bonds is 5. The molecule has 4 nitrogen and oxygen atoms in total. The standard InChI is InChI=1S/C16H22FNO3S/c1-22(20,21)13-8-9-14(17)15(11-13)18-16(19)10-7-12-5-3-2-4-6-12/h8-9,11-12H,2-7,10H2,1H3,(H,18,19). The van der Waals surface area contributed by atoms with Crippen LogP contribution in [0.4, 0.5) is 10.1 Å². The van der Waals surface area contributed by atoms with Gasteiger partial charge in [-0.05, 0) is 30.5 Å². The first-order valence-corrected chi connectivity index (χ1v) is 9.55. The predicted molar refractivity (Wildman–Crippen MR) is 83.9 cm³/mol. The molecule has 0 unspecified atom stereocenters. The van der Waals surface area contributed by atoms with Crippen molar-refractivity contribution in [3.63, 3.8) is 0 Å². The molecule has 2 rings (SSSR count). The van der Waals surface area contributed by atoms with Crippen molar-refractivity contribution in [1.29, 1.82) is 0 Å². The van der Waals surface area contributed by atoms with Gasteiger partial charge in [0.25, 0.3) is 0 Å². The van der Waals surface area contributed by atoms with E-state index >= 15 is 0 Å². The molecular weight excluding hydrogens is 305 g/mol. The van der Waals surface area contributed by atoms with Crippen molar-refractivity contribution in [3.05, 3.63) is 24.0 Å². The number of carbonyl (C=O) groups excluding carboxylic acids is 1. The molecule has 122 valence electrons. The minimum Gasteiger partial charge on any atom is -0.324 e. The lowest BCUT2D eigenvalue weighted by atomic mass is 9.86. The Morgan fingerprint density at radius 3 is 2.59 bits per heavy atom. The number of anilines is 1. The van der Waals surface area contributed by atoms with E-state index < -0.39 is 15.7 Å². The molecule has 0 spiro atoms. The number of sulfone groups is 1. The molecule has 0 radical (unpaired) electrons. The summed E-state index contributed by atoms with van der Waals surface area (Å²) in [5.74, 6) is -0.319. The highest BCUT2D eigenvalue weighted by molar-refractivity contribution is 7.90. The molecule has 1 amide bonds. The third-order valence-corrected chi connectivity index (χ3v) is 5.25. The van der Waals surface area contributed by atoms with E-state index in [4.69, 9.17) is 0 Å². The summed E-state index contributed by atoms with van der Waals surface area (Å²) in [5, 5.41) is 2.48. The summed E-state index contributed by atoms with van der Waals surface area (Å²) in [6.45, 7) is 0. The molecule has 1 N–H and O–H groups in total. The second kappa shape index (κ2) is 7.22. The van der Waals surface area contributed by atoms with Crippen LogP contribution in [-0.2, 0) is 14.6 Å². The van der Waals surface area contributed by atoms with Crippen LogP contribution in [0.2, 0.25) is 0 Å². The first kappa shape index (κ1) is 16.9. The Morgan fingerprint density at radius 2 is 1.95 bits per heavy atom. The highest BCUT2D eigenvalue weighted by Gasteiger charge is 2.16. The Hall–Kier alpha value is -1.43. The number of hydrogen-bond acceptors (Lipinski definition) is 3. The molecule has 0 atom stereocenters. The number of benzene rings is 1. The molecule has 0 bridgehead atoms. The van der Waals surface area contributed by atoms with Gasteiger partial charge in [0.05, 0.1) is 10.6 Å². The highest BCUT2D eigenvalue weighted by Crippen LogP contribution is 2.27. The summed E-state index contributed by atoms with van der Waals surface area (Å²) in [5.41, 5.74) is -0.0726. The van der Waals surface area contributed by atoms with Gasteiger partial charge < -0.3 is 5.32 Å². The zero-order valence-electron chi connectivity index (χ0n) is 12.8. The maximum Gasteiger partial charge on any atom is 0.224 e. The Kier molecular flexibility index (Phi) is 5.56. The van der Waals surface area contributed by atoms with Gasteiger partial charge in [0.15, 0.2) is 9.84 Å². The number of amides is 1. The van der Waals surface area contributed by atoms with Gasteiger partial charge in [-0.1, -0.05) is 32.1 Å². The summed E-state index contributed by atoms with van der Waals surface area (Å²) in [7, 11) is -3.43. The Balaban J connectivity index is 1.96. The van der Waals surface area contributed by atoms with Crippen molar-refractivity contribution >= 4 is 21.4 Å².